The van der Waals surface area contributed by atoms with Crippen LogP contribution in [-0.4, -0.2) is 18.2 Å². The second kappa shape index (κ2) is 6.74. The third-order valence-corrected chi connectivity index (χ3v) is 3.01. The van der Waals surface area contributed by atoms with Gasteiger partial charge in [-0.3, -0.25) is 4.79 Å². The molecule has 0 spiro atoms. The van der Waals surface area contributed by atoms with E-state index in [-0.39, 0.29) is 12.5 Å². The fourth-order valence-corrected chi connectivity index (χ4v) is 1.97. The van der Waals surface area contributed by atoms with Crippen LogP contribution in [-0.2, 0) is 4.79 Å². The summed E-state index contributed by atoms with van der Waals surface area (Å²) in [5, 5.41) is 7.12. The molecule has 1 aromatic carbocycles. The van der Waals surface area contributed by atoms with Crippen molar-refractivity contribution in [3.8, 4) is 0 Å². The van der Waals surface area contributed by atoms with Gasteiger partial charge in [0.15, 0.2) is 0 Å². The van der Waals surface area contributed by atoms with Gasteiger partial charge >= 0.3 is 0 Å². The number of aryl methyl sites for hydroxylation is 2. The SMILES string of the molecule is C/C(=N/NC(=O)CNc1ccccc1)c1cc(C)oc1C. The first-order valence-electron chi connectivity index (χ1n) is 6.75. The number of rotatable bonds is 5. The fourth-order valence-electron chi connectivity index (χ4n) is 1.97. The summed E-state index contributed by atoms with van der Waals surface area (Å²) in [4.78, 5) is 11.7. The van der Waals surface area contributed by atoms with Crippen molar-refractivity contribution in [2.24, 2.45) is 5.10 Å². The van der Waals surface area contributed by atoms with E-state index in [2.05, 4.69) is 15.8 Å². The predicted molar refractivity (Wildman–Crippen MR) is 83.5 cm³/mol. The van der Waals surface area contributed by atoms with Gasteiger partial charge in [-0.25, -0.2) is 5.43 Å². The van der Waals surface area contributed by atoms with Crippen LogP contribution >= 0.6 is 0 Å². The molecule has 2 N–H and O–H groups in total. The zero-order valence-electron chi connectivity index (χ0n) is 12.4. The highest BCUT2D eigenvalue weighted by molar-refractivity contribution is 6.00. The first-order valence-corrected chi connectivity index (χ1v) is 6.75. The van der Waals surface area contributed by atoms with Gasteiger partial charge in [-0.2, -0.15) is 5.10 Å². The summed E-state index contributed by atoms with van der Waals surface area (Å²) in [6.45, 7) is 5.76. The van der Waals surface area contributed by atoms with E-state index in [1.807, 2.05) is 57.2 Å². The van der Waals surface area contributed by atoms with Crippen LogP contribution in [0.15, 0.2) is 45.9 Å². The van der Waals surface area contributed by atoms with Gasteiger partial charge in [-0.05, 0) is 39.0 Å². The molecule has 0 saturated carbocycles. The first-order chi connectivity index (χ1) is 10.1. The summed E-state index contributed by atoms with van der Waals surface area (Å²) < 4.78 is 5.44. The van der Waals surface area contributed by atoms with Crippen molar-refractivity contribution in [3.63, 3.8) is 0 Å². The molecule has 0 aliphatic carbocycles. The molecule has 2 rings (SSSR count). The molecule has 0 atom stereocenters. The first kappa shape index (κ1) is 14.8. The highest BCUT2D eigenvalue weighted by Crippen LogP contribution is 2.14. The molecule has 1 aromatic heterocycles. The van der Waals surface area contributed by atoms with Gasteiger partial charge < -0.3 is 9.73 Å². The maximum Gasteiger partial charge on any atom is 0.259 e. The van der Waals surface area contributed by atoms with Gasteiger partial charge in [0, 0.05) is 11.3 Å². The Balaban J connectivity index is 1.88. The van der Waals surface area contributed by atoms with Crippen molar-refractivity contribution >= 4 is 17.3 Å². The number of hydrazone groups is 1. The minimum absolute atomic E-state index is 0.171. The van der Waals surface area contributed by atoms with Crippen LogP contribution in [0.3, 0.4) is 0 Å². The number of furan rings is 1. The van der Waals surface area contributed by atoms with Crippen LogP contribution in [0, 0.1) is 13.8 Å². The summed E-state index contributed by atoms with van der Waals surface area (Å²) in [5.74, 6) is 1.43. The maximum absolute atomic E-state index is 11.7. The monoisotopic (exact) mass is 285 g/mol. The molecule has 0 aliphatic heterocycles. The number of amides is 1. The minimum Gasteiger partial charge on any atom is -0.466 e. The van der Waals surface area contributed by atoms with Gasteiger partial charge in [0.05, 0.1) is 12.3 Å². The molecule has 110 valence electrons. The number of carbonyl (C=O) groups excluding carboxylic acids is 1. The average molecular weight is 285 g/mol. The van der Waals surface area contributed by atoms with Gasteiger partial charge in [0.1, 0.15) is 11.5 Å². The van der Waals surface area contributed by atoms with Gasteiger partial charge in [0.25, 0.3) is 5.91 Å². The van der Waals surface area contributed by atoms with Gasteiger partial charge in [-0.15, -0.1) is 0 Å². The average Bonchev–Trinajstić information content (AvgIpc) is 2.82. The number of para-hydroxylation sites is 1. The number of nitrogens with one attached hydrogen (secondary N) is 2. The highest BCUT2D eigenvalue weighted by atomic mass is 16.3. The van der Waals surface area contributed by atoms with E-state index in [1.165, 1.54) is 0 Å². The van der Waals surface area contributed by atoms with Crippen molar-refractivity contribution in [2.45, 2.75) is 20.8 Å². The number of anilines is 1. The summed E-state index contributed by atoms with van der Waals surface area (Å²) in [7, 11) is 0. The molecule has 0 fully saturated rings. The smallest absolute Gasteiger partial charge is 0.259 e. The van der Waals surface area contributed by atoms with E-state index in [9.17, 15) is 4.79 Å². The highest BCUT2D eigenvalue weighted by Gasteiger charge is 2.08. The largest absolute Gasteiger partial charge is 0.466 e. The molecule has 21 heavy (non-hydrogen) atoms. The Kier molecular flexibility index (Phi) is 4.77. The lowest BCUT2D eigenvalue weighted by molar-refractivity contribution is -0.119. The van der Waals surface area contributed by atoms with E-state index in [1.54, 1.807) is 0 Å². The van der Waals surface area contributed by atoms with Crippen molar-refractivity contribution in [1.82, 2.24) is 5.43 Å². The normalized spacial score (nSPS) is 11.3. The maximum atomic E-state index is 11.7. The Morgan fingerprint density at radius 1 is 1.24 bits per heavy atom. The van der Waals surface area contributed by atoms with Crippen LogP contribution in [0.2, 0.25) is 0 Å². The van der Waals surface area contributed by atoms with Crippen LogP contribution in [0.4, 0.5) is 5.69 Å². The van der Waals surface area contributed by atoms with E-state index in [4.69, 9.17) is 4.42 Å². The molecule has 0 radical (unpaired) electrons. The molecule has 5 nitrogen and oxygen atoms in total. The zero-order valence-corrected chi connectivity index (χ0v) is 12.4. The van der Waals surface area contributed by atoms with Crippen molar-refractivity contribution in [3.05, 3.63) is 53.5 Å². The van der Waals surface area contributed by atoms with Crippen LogP contribution in [0.25, 0.3) is 0 Å². The van der Waals surface area contributed by atoms with Crippen LogP contribution in [0.5, 0.6) is 0 Å². The van der Waals surface area contributed by atoms with Crippen molar-refractivity contribution in [1.29, 1.82) is 0 Å². The second-order valence-corrected chi connectivity index (χ2v) is 4.78. The van der Waals surface area contributed by atoms with Crippen molar-refractivity contribution in [2.75, 3.05) is 11.9 Å². The molecule has 2 aromatic rings. The van der Waals surface area contributed by atoms with Gasteiger partial charge in [-0.1, -0.05) is 18.2 Å². The molecule has 1 heterocycles. The fraction of sp³-hybridized carbons (Fsp3) is 0.250. The second-order valence-electron chi connectivity index (χ2n) is 4.78. The quantitative estimate of drug-likeness (QED) is 0.655. The minimum atomic E-state index is -0.198. The van der Waals surface area contributed by atoms with Gasteiger partial charge in [0.2, 0.25) is 0 Å². The van der Waals surface area contributed by atoms with Crippen molar-refractivity contribution < 1.29 is 9.21 Å². The Morgan fingerprint density at radius 2 is 1.95 bits per heavy atom. The number of hydrogen-bond donors (Lipinski definition) is 2. The Hall–Kier alpha value is -2.56. The van der Waals surface area contributed by atoms with E-state index < -0.39 is 0 Å². The zero-order chi connectivity index (χ0) is 15.2. The molecule has 1 amide bonds. The van der Waals surface area contributed by atoms with Crippen LogP contribution in [0.1, 0.15) is 24.0 Å². The summed E-state index contributed by atoms with van der Waals surface area (Å²) in [5.41, 5.74) is 5.06. The molecular formula is C16H19N3O2. The molecule has 0 unspecified atom stereocenters. The number of carbonyl (C=O) groups is 1. The molecule has 5 heteroatoms. The Morgan fingerprint density at radius 3 is 2.57 bits per heavy atom. The lowest BCUT2D eigenvalue weighted by atomic mass is 10.2. The molecule has 0 bridgehead atoms. The summed E-state index contributed by atoms with van der Waals surface area (Å²) in [6, 6.07) is 11.5. The lowest BCUT2D eigenvalue weighted by Gasteiger charge is -2.05. The molecular weight excluding hydrogens is 266 g/mol. The summed E-state index contributed by atoms with van der Waals surface area (Å²) in [6.07, 6.45) is 0. The molecule has 0 saturated heterocycles. The number of hydrogen-bond acceptors (Lipinski definition) is 4. The van der Waals surface area contributed by atoms with E-state index >= 15 is 0 Å². The topological polar surface area (TPSA) is 66.6 Å². The Bertz CT molecular complexity index is 645. The Labute approximate surface area is 124 Å². The predicted octanol–water partition coefficient (Wildman–Crippen LogP) is 2.85. The summed E-state index contributed by atoms with van der Waals surface area (Å²) >= 11 is 0. The van der Waals surface area contributed by atoms with Crippen LogP contribution < -0.4 is 10.7 Å². The standard InChI is InChI=1S/C16H19N3O2/c1-11-9-15(13(3)21-11)12(2)18-19-16(20)10-17-14-7-5-4-6-8-14/h4-9,17H,10H2,1-3H3,(H,19,20)/b18-12-. The molecule has 0 aliphatic rings. The van der Waals surface area contributed by atoms with E-state index in [0.717, 1.165) is 28.5 Å². The van der Waals surface area contributed by atoms with E-state index in [0.29, 0.717) is 0 Å². The number of benzene rings is 1. The third-order valence-electron chi connectivity index (χ3n) is 3.01. The third kappa shape index (κ3) is 4.21. The number of nitrogens with zero attached hydrogens (tertiary/aromatic N) is 1. The lowest BCUT2D eigenvalue weighted by Crippen LogP contribution is -2.26.